The highest BCUT2D eigenvalue weighted by molar-refractivity contribution is 5.94. The number of carbonyl (C=O) groups excluding carboxylic acids is 1. The van der Waals surface area contributed by atoms with E-state index in [2.05, 4.69) is 16.7 Å². The van der Waals surface area contributed by atoms with Gasteiger partial charge in [-0.2, -0.15) is 0 Å². The fourth-order valence-corrected chi connectivity index (χ4v) is 4.04. The highest BCUT2D eigenvalue weighted by atomic mass is 16.7. The van der Waals surface area contributed by atoms with Crippen LogP contribution in [0.25, 0.3) is 0 Å². The number of hydrogen-bond donors (Lipinski definition) is 2. The molecule has 2 aliphatic heterocycles. The lowest BCUT2D eigenvalue weighted by atomic mass is 9.87. The number of carbonyl (C=O) groups is 1. The molecule has 3 aliphatic rings. The van der Waals surface area contributed by atoms with Gasteiger partial charge in [-0.25, -0.2) is 0 Å². The van der Waals surface area contributed by atoms with Crippen LogP contribution in [0.5, 0.6) is 0 Å². The standard InChI is InChI=1S/C18H24N2O3/c21-17-11-13(15-3-1-2-4-16(15)20-17)12-19-14-5-7-18(8-6-14)22-9-10-23-18/h1-4,13-14,19H,5-12H2,(H,20,21)/t13-/m0/s1. The summed E-state index contributed by atoms with van der Waals surface area (Å²) in [7, 11) is 0. The van der Waals surface area contributed by atoms with Gasteiger partial charge >= 0.3 is 0 Å². The second-order valence-electron chi connectivity index (χ2n) is 6.83. The molecule has 23 heavy (non-hydrogen) atoms. The monoisotopic (exact) mass is 316 g/mol. The molecule has 0 aromatic heterocycles. The average Bonchev–Trinajstić information content (AvgIpc) is 3.02. The zero-order valence-corrected chi connectivity index (χ0v) is 13.3. The molecule has 1 amide bonds. The Hall–Kier alpha value is -1.43. The Bertz CT molecular complexity index is 573. The molecule has 2 fully saturated rings. The van der Waals surface area contributed by atoms with Gasteiger partial charge in [0.1, 0.15) is 0 Å². The number of ether oxygens (including phenoxy) is 2. The Labute approximate surface area is 136 Å². The summed E-state index contributed by atoms with van der Waals surface area (Å²) in [6, 6.07) is 8.61. The SMILES string of the molecule is O=C1C[C@@H](CNC2CCC3(CC2)OCCO3)c2ccccc2N1. The summed E-state index contributed by atoms with van der Waals surface area (Å²) in [6.45, 7) is 2.31. The predicted octanol–water partition coefficient (Wildman–Crippen LogP) is 2.39. The van der Waals surface area contributed by atoms with Crippen molar-refractivity contribution < 1.29 is 14.3 Å². The first kappa shape index (κ1) is 15.1. The van der Waals surface area contributed by atoms with Crippen LogP contribution in [0.1, 0.15) is 43.6 Å². The molecule has 2 N–H and O–H groups in total. The minimum atomic E-state index is -0.296. The van der Waals surface area contributed by atoms with Crippen LogP contribution in [0.3, 0.4) is 0 Å². The highest BCUT2D eigenvalue weighted by Crippen LogP contribution is 2.36. The van der Waals surface area contributed by atoms with Crippen LogP contribution in [0.2, 0.25) is 0 Å². The molecule has 1 aliphatic carbocycles. The summed E-state index contributed by atoms with van der Waals surface area (Å²) in [5, 5.41) is 6.63. The van der Waals surface area contributed by atoms with Crippen molar-refractivity contribution >= 4 is 11.6 Å². The molecular weight excluding hydrogens is 292 g/mol. The maximum absolute atomic E-state index is 11.9. The molecule has 0 radical (unpaired) electrons. The minimum absolute atomic E-state index is 0.117. The minimum Gasteiger partial charge on any atom is -0.348 e. The lowest BCUT2D eigenvalue weighted by Gasteiger charge is -2.36. The van der Waals surface area contributed by atoms with Crippen molar-refractivity contribution in [1.82, 2.24) is 5.32 Å². The van der Waals surface area contributed by atoms with Crippen LogP contribution >= 0.6 is 0 Å². The van der Waals surface area contributed by atoms with Gasteiger partial charge in [-0.15, -0.1) is 0 Å². The van der Waals surface area contributed by atoms with Crippen molar-refractivity contribution in [2.24, 2.45) is 0 Å². The van der Waals surface area contributed by atoms with Gasteiger partial charge in [-0.1, -0.05) is 18.2 Å². The topological polar surface area (TPSA) is 59.6 Å². The molecule has 1 aromatic carbocycles. The van der Waals surface area contributed by atoms with Crippen LogP contribution in [-0.4, -0.2) is 37.5 Å². The van der Waals surface area contributed by atoms with Crippen LogP contribution < -0.4 is 10.6 Å². The van der Waals surface area contributed by atoms with Crippen molar-refractivity contribution in [3.63, 3.8) is 0 Å². The van der Waals surface area contributed by atoms with E-state index < -0.39 is 0 Å². The van der Waals surface area contributed by atoms with E-state index in [-0.39, 0.29) is 17.6 Å². The van der Waals surface area contributed by atoms with Crippen molar-refractivity contribution in [3.05, 3.63) is 29.8 Å². The van der Waals surface area contributed by atoms with E-state index in [1.165, 1.54) is 5.56 Å². The van der Waals surface area contributed by atoms with Crippen molar-refractivity contribution in [3.8, 4) is 0 Å². The maximum Gasteiger partial charge on any atom is 0.225 e. The number of rotatable bonds is 3. The quantitative estimate of drug-likeness (QED) is 0.899. The normalized spacial score (nSPS) is 27.0. The van der Waals surface area contributed by atoms with Gasteiger partial charge in [0.05, 0.1) is 13.2 Å². The summed E-state index contributed by atoms with van der Waals surface area (Å²) in [6.07, 6.45) is 4.63. The molecule has 1 spiro atoms. The van der Waals surface area contributed by atoms with E-state index in [1.807, 2.05) is 18.2 Å². The van der Waals surface area contributed by atoms with Gasteiger partial charge < -0.3 is 20.1 Å². The van der Waals surface area contributed by atoms with E-state index in [9.17, 15) is 4.79 Å². The number of hydrogen-bond acceptors (Lipinski definition) is 4. The summed E-state index contributed by atoms with van der Waals surface area (Å²) >= 11 is 0. The Morgan fingerprint density at radius 3 is 2.70 bits per heavy atom. The van der Waals surface area contributed by atoms with E-state index in [1.54, 1.807) is 0 Å². The molecular formula is C18H24N2O3. The molecule has 1 aromatic rings. The predicted molar refractivity (Wildman–Crippen MR) is 87.3 cm³/mol. The van der Waals surface area contributed by atoms with Crippen LogP contribution in [0.15, 0.2) is 24.3 Å². The maximum atomic E-state index is 11.9. The summed E-state index contributed by atoms with van der Waals surface area (Å²) in [5.74, 6) is 0.0795. The molecule has 124 valence electrons. The molecule has 5 heteroatoms. The number of fused-ring (bicyclic) bond motifs is 1. The Kier molecular flexibility index (Phi) is 4.09. The van der Waals surface area contributed by atoms with Crippen molar-refractivity contribution in [1.29, 1.82) is 0 Å². The van der Waals surface area contributed by atoms with E-state index in [0.717, 1.165) is 51.1 Å². The molecule has 1 saturated carbocycles. The first-order chi connectivity index (χ1) is 11.2. The number of para-hydroxylation sites is 1. The van der Waals surface area contributed by atoms with E-state index >= 15 is 0 Å². The number of benzene rings is 1. The van der Waals surface area contributed by atoms with Gasteiger partial charge in [0.2, 0.25) is 5.91 Å². The molecule has 4 rings (SSSR count). The van der Waals surface area contributed by atoms with Gasteiger partial charge in [0.25, 0.3) is 0 Å². The molecule has 1 atom stereocenters. The lowest BCUT2D eigenvalue weighted by Crippen LogP contribution is -2.43. The molecule has 0 unspecified atom stereocenters. The third kappa shape index (κ3) is 3.13. The smallest absolute Gasteiger partial charge is 0.225 e. The Morgan fingerprint density at radius 1 is 1.17 bits per heavy atom. The third-order valence-corrected chi connectivity index (χ3v) is 5.32. The van der Waals surface area contributed by atoms with Gasteiger partial charge in [0, 0.05) is 43.5 Å². The largest absolute Gasteiger partial charge is 0.348 e. The fourth-order valence-electron chi connectivity index (χ4n) is 4.04. The molecule has 2 heterocycles. The number of nitrogens with one attached hydrogen (secondary N) is 2. The Morgan fingerprint density at radius 2 is 1.91 bits per heavy atom. The molecule has 0 bridgehead atoms. The second kappa shape index (κ2) is 6.23. The fraction of sp³-hybridized carbons (Fsp3) is 0.611. The number of anilines is 1. The summed E-state index contributed by atoms with van der Waals surface area (Å²) in [4.78, 5) is 11.9. The zero-order chi connectivity index (χ0) is 15.7. The van der Waals surface area contributed by atoms with Gasteiger partial charge in [0.15, 0.2) is 5.79 Å². The first-order valence-electron chi connectivity index (χ1n) is 8.64. The first-order valence-corrected chi connectivity index (χ1v) is 8.64. The molecule has 1 saturated heterocycles. The van der Waals surface area contributed by atoms with Crippen LogP contribution in [0.4, 0.5) is 5.69 Å². The second-order valence-corrected chi connectivity index (χ2v) is 6.83. The van der Waals surface area contributed by atoms with Crippen molar-refractivity contribution in [2.45, 2.75) is 49.9 Å². The lowest BCUT2D eigenvalue weighted by molar-refractivity contribution is -0.179. The van der Waals surface area contributed by atoms with Crippen molar-refractivity contribution in [2.75, 3.05) is 25.1 Å². The summed E-state index contributed by atoms with van der Waals surface area (Å²) < 4.78 is 11.6. The van der Waals surface area contributed by atoms with Crippen LogP contribution in [0, 0.1) is 0 Å². The number of amides is 1. The average molecular weight is 316 g/mol. The zero-order valence-electron chi connectivity index (χ0n) is 13.3. The van der Waals surface area contributed by atoms with Gasteiger partial charge in [-0.3, -0.25) is 4.79 Å². The molecule has 5 nitrogen and oxygen atoms in total. The van der Waals surface area contributed by atoms with Crippen LogP contribution in [-0.2, 0) is 14.3 Å². The van der Waals surface area contributed by atoms with E-state index in [4.69, 9.17) is 9.47 Å². The van der Waals surface area contributed by atoms with E-state index in [0.29, 0.717) is 12.5 Å². The van der Waals surface area contributed by atoms with Gasteiger partial charge in [-0.05, 0) is 24.5 Å². The Balaban J connectivity index is 1.34. The third-order valence-electron chi connectivity index (χ3n) is 5.32. The summed E-state index contributed by atoms with van der Waals surface area (Å²) in [5.41, 5.74) is 2.21. The highest BCUT2D eigenvalue weighted by Gasteiger charge is 2.40.